The van der Waals surface area contributed by atoms with Crippen LogP contribution in [-0.4, -0.2) is 76.9 Å². The third-order valence-corrected chi connectivity index (χ3v) is 16.6. The van der Waals surface area contributed by atoms with Crippen molar-refractivity contribution in [3.8, 4) is 0 Å². The summed E-state index contributed by atoms with van der Waals surface area (Å²) in [6.45, 7) is 5.75. The van der Waals surface area contributed by atoms with Gasteiger partial charge in [-0.05, 0) is 32.9 Å². The maximum Gasteiger partial charge on any atom is 0.480 e. The van der Waals surface area contributed by atoms with Gasteiger partial charge in [-0.15, -0.1) is 0 Å². The van der Waals surface area contributed by atoms with Crippen LogP contribution in [0.5, 0.6) is 0 Å². The van der Waals surface area contributed by atoms with Gasteiger partial charge >= 0.3 is 76.8 Å². The molecule has 0 aromatic heterocycles. The molecule has 0 saturated carbocycles. The van der Waals surface area contributed by atoms with E-state index < -0.39 is 126 Å². The minimum atomic E-state index is -6.72. The lowest BCUT2D eigenvalue weighted by atomic mass is 10.1. The summed E-state index contributed by atoms with van der Waals surface area (Å²) in [6.07, 6.45) is -8.01. The van der Waals surface area contributed by atoms with Gasteiger partial charge in [0.15, 0.2) is 47.2 Å². The van der Waals surface area contributed by atoms with E-state index in [1.807, 2.05) is 32.9 Å². The molecule has 0 unspecified atom stereocenters. The van der Waals surface area contributed by atoms with E-state index in [2.05, 4.69) is 0 Å². The molecule has 0 aliphatic rings. The van der Waals surface area contributed by atoms with Crippen LogP contribution in [-0.2, 0) is 40.1 Å². The molecule has 0 fully saturated rings. The number of sulfonamides is 4. The molecule has 0 N–H and O–H groups in total. The topological polar surface area (TPSA) is 165 Å². The molecule has 0 amide bonds. The van der Waals surface area contributed by atoms with Crippen molar-refractivity contribution in [1.29, 1.82) is 0 Å². The van der Waals surface area contributed by atoms with Crippen LogP contribution in [0.3, 0.4) is 0 Å². The van der Waals surface area contributed by atoms with Gasteiger partial charge in [-0.25, -0.2) is 33.7 Å². The SMILES string of the molecule is Cc1cc(C)c([I+]CC(F)(F)F)c(C)c1.FC(F)(F)C[I+]c1ccccc1.O=S(=O)([N-]S(=O)(=O)C(F)(F)F)C(F)(F)F.O=S(=O)([N-]S(=O)(=O)C(F)(F)F)C(F)(F)F. The fourth-order valence-corrected chi connectivity index (χ4v) is 10.1. The van der Waals surface area contributed by atoms with Gasteiger partial charge in [-0.2, -0.15) is 79.0 Å². The van der Waals surface area contributed by atoms with E-state index in [1.165, 1.54) is 0 Å². The minimum absolute atomic E-state index is 0.628. The van der Waals surface area contributed by atoms with Crippen LogP contribution in [0.15, 0.2) is 42.5 Å². The van der Waals surface area contributed by atoms with Crippen molar-refractivity contribution in [3.63, 3.8) is 0 Å². The number of nitrogens with zero attached hydrogens (tertiary/aromatic N) is 2. The summed E-state index contributed by atoms with van der Waals surface area (Å²) >= 11 is -1.83. The van der Waals surface area contributed by atoms with Crippen molar-refractivity contribution in [2.45, 2.75) is 55.2 Å². The van der Waals surface area contributed by atoms with E-state index in [1.54, 1.807) is 30.3 Å². The Labute approximate surface area is 331 Å². The van der Waals surface area contributed by atoms with Crippen LogP contribution in [0.4, 0.5) is 79.0 Å². The van der Waals surface area contributed by atoms with E-state index in [0.717, 1.165) is 32.1 Å². The molecule has 0 radical (unpaired) electrons. The molecular formula is C23H20F18I2N2O8S4. The van der Waals surface area contributed by atoms with Crippen LogP contribution < -0.4 is 42.4 Å². The Morgan fingerprint density at radius 2 is 0.719 bits per heavy atom. The zero-order valence-corrected chi connectivity index (χ0v) is 34.9. The van der Waals surface area contributed by atoms with Gasteiger partial charge in [0, 0.05) is 11.1 Å². The highest BCUT2D eigenvalue weighted by Gasteiger charge is 2.48. The molecule has 0 atom stereocenters. The minimum Gasteiger partial charge on any atom is -0.421 e. The van der Waals surface area contributed by atoms with Crippen molar-refractivity contribution in [3.05, 3.63) is 74.6 Å². The molecule has 10 nitrogen and oxygen atoms in total. The second kappa shape index (κ2) is 20.8. The van der Waals surface area contributed by atoms with E-state index in [0.29, 0.717) is 0 Å². The molecule has 0 heterocycles. The van der Waals surface area contributed by atoms with Crippen molar-refractivity contribution >= 4 is 40.1 Å². The smallest absolute Gasteiger partial charge is 0.421 e. The van der Waals surface area contributed by atoms with E-state index in [-0.39, 0.29) is 0 Å². The Kier molecular flexibility index (Phi) is 20.9. The molecule has 2 rings (SSSR count). The van der Waals surface area contributed by atoms with Crippen molar-refractivity contribution in [2.75, 3.05) is 8.86 Å². The summed E-state index contributed by atoms with van der Waals surface area (Å²) in [4.78, 5) is 0. The number of rotatable bonds is 8. The molecule has 0 aliphatic carbocycles. The lowest BCUT2D eigenvalue weighted by Crippen LogP contribution is -3.63. The lowest BCUT2D eigenvalue weighted by molar-refractivity contribution is -0.651. The Morgan fingerprint density at radius 1 is 0.456 bits per heavy atom. The van der Waals surface area contributed by atoms with Crippen molar-refractivity contribution in [2.24, 2.45) is 0 Å². The molecule has 34 heteroatoms. The van der Waals surface area contributed by atoms with Crippen LogP contribution in [0.1, 0.15) is 16.7 Å². The average molecular weight is 1180 g/mol. The largest absolute Gasteiger partial charge is 0.480 e. The molecular weight excluding hydrogens is 1160 g/mol. The molecule has 0 saturated heterocycles. The van der Waals surface area contributed by atoms with Gasteiger partial charge in [0.25, 0.3) is 0 Å². The van der Waals surface area contributed by atoms with Gasteiger partial charge in [-0.3, -0.25) is 0 Å². The van der Waals surface area contributed by atoms with Crippen molar-refractivity contribution < 1.29 is 155 Å². The lowest BCUT2D eigenvalue weighted by Gasteiger charge is -2.22. The average Bonchev–Trinajstić information content (AvgIpc) is 2.93. The van der Waals surface area contributed by atoms with Gasteiger partial charge < -0.3 is 8.25 Å². The van der Waals surface area contributed by atoms with E-state index in [9.17, 15) is 113 Å². The number of alkyl halides is 20. The van der Waals surface area contributed by atoms with Crippen LogP contribution in [0, 0.1) is 27.9 Å². The zero-order valence-electron chi connectivity index (χ0n) is 27.3. The molecule has 2 aromatic carbocycles. The Balaban J connectivity index is 0. The van der Waals surface area contributed by atoms with Gasteiger partial charge in [0.05, 0.1) is 0 Å². The Hall–Kier alpha value is -1.64. The maximum atomic E-state index is 12.1. The predicted octanol–water partition coefficient (Wildman–Crippen LogP) is 2.06. The quantitative estimate of drug-likeness (QED) is 0.221. The molecule has 334 valence electrons. The summed E-state index contributed by atoms with van der Waals surface area (Å²) in [5, 5.41) is 0. The van der Waals surface area contributed by atoms with Gasteiger partial charge in [0.2, 0.25) is 8.86 Å². The number of hydrogen-bond acceptors (Lipinski definition) is 8. The van der Waals surface area contributed by atoms with Crippen molar-refractivity contribution in [1.82, 2.24) is 0 Å². The summed E-state index contributed by atoms with van der Waals surface area (Å²) in [7, 11) is -26.9. The number of halogens is 20. The molecule has 0 aliphatic heterocycles. The monoisotopic (exact) mass is 1180 g/mol. The first kappa shape index (κ1) is 57.5. The van der Waals surface area contributed by atoms with Gasteiger partial charge in [-0.1, -0.05) is 35.9 Å². The molecule has 2 aromatic rings. The highest BCUT2D eigenvalue weighted by Crippen LogP contribution is 2.37. The zero-order chi connectivity index (χ0) is 46.1. The molecule has 0 spiro atoms. The normalized spacial score (nSPS) is 13.6. The third kappa shape index (κ3) is 22.0. The summed E-state index contributed by atoms with van der Waals surface area (Å²) < 4.78 is 291. The fourth-order valence-electron chi connectivity index (χ4n) is 2.60. The first-order valence-corrected chi connectivity index (χ1v) is 23.9. The summed E-state index contributed by atoms with van der Waals surface area (Å²) in [6, 6.07) is 12.8. The van der Waals surface area contributed by atoms with E-state index >= 15 is 0 Å². The third-order valence-electron chi connectivity index (χ3n) is 4.60. The first-order valence-electron chi connectivity index (χ1n) is 13.0. The summed E-state index contributed by atoms with van der Waals surface area (Å²) in [5.74, 6) is 0. The number of benzene rings is 2. The van der Waals surface area contributed by atoms with Crippen LogP contribution >= 0.6 is 0 Å². The second-order valence-electron chi connectivity index (χ2n) is 9.61. The predicted molar refractivity (Wildman–Crippen MR) is 153 cm³/mol. The number of aryl methyl sites for hydroxylation is 3. The maximum absolute atomic E-state index is 12.1. The highest BCUT2D eigenvalue weighted by atomic mass is 127. The first-order chi connectivity index (χ1) is 24.8. The van der Waals surface area contributed by atoms with E-state index in [4.69, 9.17) is 0 Å². The standard InChI is InChI=1S/C11H13F3I.C8H7F3I.2C2F6NO4S2/c1-7-4-8(2)10(9(3)5-7)15-6-11(12,13)14;9-8(10,11)6-12-7-4-2-1-3-5-7;2*3-1(4,5)14(10,11)9-15(12,13)2(6,7)8/h4-5H,6H2,1-3H3;1-5H,6H2;;/q2*+1;2*-1. The Bertz CT molecular complexity index is 1860. The fraction of sp³-hybridized carbons (Fsp3) is 0.478. The highest BCUT2D eigenvalue weighted by molar-refractivity contribution is 8.13. The van der Waals surface area contributed by atoms with Gasteiger partial charge in [0.1, 0.15) is 0 Å². The molecule has 0 bridgehead atoms. The van der Waals surface area contributed by atoms with Crippen LogP contribution in [0.25, 0.3) is 8.25 Å². The summed E-state index contributed by atoms with van der Waals surface area (Å²) in [5.41, 5.74) is -21.7. The van der Waals surface area contributed by atoms with Crippen LogP contribution in [0.2, 0.25) is 0 Å². The number of hydrogen-bond donors (Lipinski definition) is 0. The Morgan fingerprint density at radius 3 is 0.965 bits per heavy atom. The second-order valence-corrected chi connectivity index (χ2v) is 21.8. The molecule has 57 heavy (non-hydrogen) atoms.